The van der Waals surface area contributed by atoms with E-state index in [9.17, 15) is 9.59 Å². The van der Waals surface area contributed by atoms with Gasteiger partial charge in [0.1, 0.15) is 6.33 Å². The highest BCUT2D eigenvalue weighted by Gasteiger charge is 2.26. The topological polar surface area (TPSA) is 119 Å². The summed E-state index contributed by atoms with van der Waals surface area (Å²) in [5.41, 5.74) is 1.52. The van der Waals surface area contributed by atoms with E-state index in [0.29, 0.717) is 24.9 Å². The van der Waals surface area contributed by atoms with Gasteiger partial charge < -0.3 is 15.1 Å². The van der Waals surface area contributed by atoms with Crippen molar-refractivity contribution in [1.29, 1.82) is 0 Å². The lowest BCUT2D eigenvalue weighted by molar-refractivity contribution is -0.139. The molecule has 3 rings (SSSR count). The lowest BCUT2D eigenvalue weighted by Gasteiger charge is -2.28. The number of nitrogens with one attached hydrogen (secondary N) is 1. The van der Waals surface area contributed by atoms with Crippen molar-refractivity contribution in [2.24, 2.45) is 0 Å². The molecule has 1 radical (unpaired) electrons. The highest BCUT2D eigenvalue weighted by atomic mass is 16.4. The summed E-state index contributed by atoms with van der Waals surface area (Å²) in [5, 5.41) is 22.6. The molecule has 1 saturated heterocycles. The average molecular weight is 342 g/mol. The number of hydrogen-bond acceptors (Lipinski definition) is 6. The number of hydrogen-bond donors (Lipinski definition) is 2. The summed E-state index contributed by atoms with van der Waals surface area (Å²) in [6.45, 7) is 0.532. The second-order valence-electron chi connectivity index (χ2n) is 5.85. The molecule has 2 heterocycles. The highest BCUT2D eigenvalue weighted by Crippen LogP contribution is 2.15. The van der Waals surface area contributed by atoms with Gasteiger partial charge in [0.2, 0.25) is 0 Å². The fraction of sp³-hybridized carbons (Fsp3) is 0.400. The Balaban J connectivity index is 1.49. The maximum atomic E-state index is 12.3. The van der Waals surface area contributed by atoms with Gasteiger partial charge in [0.15, 0.2) is 0 Å². The van der Waals surface area contributed by atoms with Crippen molar-refractivity contribution in [3.8, 4) is 0 Å². The molecule has 129 valence electrons. The quantitative estimate of drug-likeness (QED) is 0.712. The van der Waals surface area contributed by atoms with Crippen LogP contribution in [0.4, 0.5) is 0 Å². The Hall–Kier alpha value is -2.75. The van der Waals surface area contributed by atoms with Crippen LogP contribution in [0.25, 0.3) is 0 Å². The molecular formula is C15H17BN5O4. The molecule has 2 aromatic rings. The lowest BCUT2D eigenvalue weighted by Crippen LogP contribution is -2.45. The molecule has 1 amide bonds. The third kappa shape index (κ3) is 4.86. The number of carboxylic acids is 1. The maximum absolute atomic E-state index is 12.3. The first-order valence-corrected chi connectivity index (χ1v) is 7.91. The van der Waals surface area contributed by atoms with Gasteiger partial charge in [-0.05, 0) is 41.0 Å². The Morgan fingerprint density at radius 1 is 1.32 bits per heavy atom. The summed E-state index contributed by atoms with van der Waals surface area (Å²) in [7, 11) is 1.51. The highest BCUT2D eigenvalue weighted by molar-refractivity contribution is 6.31. The molecule has 1 aromatic heterocycles. The number of aliphatic carboxylic acids is 1. The number of nitrogens with zero attached hydrogens (tertiary/aromatic N) is 4. The van der Waals surface area contributed by atoms with Crippen molar-refractivity contribution in [3.63, 3.8) is 0 Å². The molecule has 1 aliphatic rings. The van der Waals surface area contributed by atoms with Gasteiger partial charge in [-0.25, -0.2) is 4.68 Å². The SMILES string of the molecule is O=C(O)C[C@@H]1CC[C@H](NC(=O)c2ccc(Cn3cnnn3)cc2)[B]O1. The number of rotatable bonds is 6. The maximum Gasteiger partial charge on any atom is 0.317 e. The van der Waals surface area contributed by atoms with Gasteiger partial charge in [-0.3, -0.25) is 9.59 Å². The van der Waals surface area contributed by atoms with Gasteiger partial charge >= 0.3 is 13.5 Å². The van der Waals surface area contributed by atoms with Gasteiger partial charge in [0, 0.05) is 11.5 Å². The van der Waals surface area contributed by atoms with Crippen molar-refractivity contribution in [1.82, 2.24) is 25.5 Å². The summed E-state index contributed by atoms with van der Waals surface area (Å²) < 4.78 is 6.97. The number of aromatic nitrogens is 4. The molecule has 1 fully saturated rings. The number of benzene rings is 1. The fourth-order valence-electron chi connectivity index (χ4n) is 2.61. The molecule has 0 saturated carbocycles. The second kappa shape index (κ2) is 7.89. The van der Waals surface area contributed by atoms with Crippen LogP contribution in [-0.4, -0.2) is 56.7 Å². The van der Waals surface area contributed by atoms with E-state index < -0.39 is 5.97 Å². The summed E-state index contributed by atoms with van der Waals surface area (Å²) in [6, 6.07) is 7.18. The smallest absolute Gasteiger partial charge is 0.317 e. The summed E-state index contributed by atoms with van der Waals surface area (Å²) in [4.78, 5) is 22.9. The van der Waals surface area contributed by atoms with Crippen molar-refractivity contribution < 1.29 is 19.3 Å². The molecule has 0 unspecified atom stereocenters. The van der Waals surface area contributed by atoms with Gasteiger partial charge in [0.05, 0.1) is 19.1 Å². The third-order valence-electron chi connectivity index (χ3n) is 3.91. The normalized spacial score (nSPS) is 19.8. The predicted octanol–water partition coefficient (Wildman–Crippen LogP) is 0.0502. The Morgan fingerprint density at radius 3 is 2.72 bits per heavy atom. The zero-order valence-corrected chi connectivity index (χ0v) is 13.4. The van der Waals surface area contributed by atoms with Crippen LogP contribution in [0.15, 0.2) is 30.6 Å². The van der Waals surface area contributed by atoms with Crippen LogP contribution in [0.1, 0.15) is 35.2 Å². The van der Waals surface area contributed by atoms with Crippen molar-refractivity contribution >= 4 is 19.4 Å². The molecule has 1 aromatic carbocycles. The van der Waals surface area contributed by atoms with Crippen LogP contribution >= 0.6 is 0 Å². The number of tetrazole rings is 1. The molecule has 2 atom stereocenters. The van der Waals surface area contributed by atoms with Crippen molar-refractivity contribution in [3.05, 3.63) is 41.7 Å². The monoisotopic (exact) mass is 342 g/mol. The van der Waals surface area contributed by atoms with Crippen molar-refractivity contribution in [2.75, 3.05) is 0 Å². The number of amides is 1. The van der Waals surface area contributed by atoms with E-state index in [2.05, 4.69) is 20.8 Å². The fourth-order valence-corrected chi connectivity index (χ4v) is 2.61. The Kier molecular flexibility index (Phi) is 5.39. The van der Waals surface area contributed by atoms with E-state index >= 15 is 0 Å². The Labute approximate surface area is 144 Å². The molecular weight excluding hydrogens is 325 g/mol. The molecule has 9 nitrogen and oxygen atoms in total. The molecule has 0 aliphatic carbocycles. The number of carboxylic acid groups (broad SMARTS) is 1. The minimum absolute atomic E-state index is 0.0279. The Morgan fingerprint density at radius 2 is 2.12 bits per heavy atom. The van der Waals surface area contributed by atoms with Crippen molar-refractivity contribution in [2.45, 2.75) is 37.9 Å². The van der Waals surface area contributed by atoms with E-state index in [1.54, 1.807) is 16.8 Å². The molecule has 25 heavy (non-hydrogen) atoms. The van der Waals surface area contributed by atoms with Crippen LogP contribution in [-0.2, 0) is 16.0 Å². The Bertz CT molecular complexity index is 714. The van der Waals surface area contributed by atoms with E-state index in [4.69, 9.17) is 9.76 Å². The molecule has 10 heteroatoms. The first-order chi connectivity index (χ1) is 12.1. The van der Waals surface area contributed by atoms with Gasteiger partial charge in [-0.2, -0.15) is 0 Å². The average Bonchev–Trinajstić information content (AvgIpc) is 3.10. The van der Waals surface area contributed by atoms with Crippen LogP contribution in [0.2, 0.25) is 0 Å². The van der Waals surface area contributed by atoms with E-state index in [-0.39, 0.29) is 24.4 Å². The molecule has 0 spiro atoms. The minimum atomic E-state index is -0.886. The number of carbonyl (C=O) groups excluding carboxylic acids is 1. The zero-order valence-electron chi connectivity index (χ0n) is 13.4. The van der Waals surface area contributed by atoms with Gasteiger partial charge in [-0.1, -0.05) is 12.1 Å². The first kappa shape index (κ1) is 17.1. The van der Waals surface area contributed by atoms with Crippen LogP contribution < -0.4 is 5.32 Å². The lowest BCUT2D eigenvalue weighted by atomic mass is 9.79. The largest absolute Gasteiger partial charge is 0.481 e. The summed E-state index contributed by atoms with van der Waals surface area (Å²) in [5.74, 6) is -1.31. The molecule has 0 bridgehead atoms. The summed E-state index contributed by atoms with van der Waals surface area (Å²) in [6.07, 6.45) is 2.42. The second-order valence-corrected chi connectivity index (χ2v) is 5.85. The standard InChI is InChI=1S/C15H17BN5O4/c22-14(23)7-12-5-6-13(16-25-12)18-15(24)11-3-1-10(2-4-11)8-21-9-17-19-20-21/h1-4,9,12-13H,5-8H2,(H,18,24)(H,22,23)/t12-,13-/m0/s1. The van der Waals surface area contributed by atoms with E-state index in [1.807, 2.05) is 12.1 Å². The minimum Gasteiger partial charge on any atom is -0.481 e. The first-order valence-electron chi connectivity index (χ1n) is 7.91. The van der Waals surface area contributed by atoms with Gasteiger partial charge in [0.25, 0.3) is 5.91 Å². The van der Waals surface area contributed by atoms with Gasteiger partial charge in [-0.15, -0.1) is 5.10 Å². The molecule has 1 aliphatic heterocycles. The zero-order chi connectivity index (χ0) is 17.6. The predicted molar refractivity (Wildman–Crippen MR) is 86.7 cm³/mol. The molecule has 2 N–H and O–H groups in total. The van der Waals surface area contributed by atoms with Crippen LogP contribution in [0, 0.1) is 0 Å². The van der Waals surface area contributed by atoms with Crippen LogP contribution in [0.5, 0.6) is 0 Å². The van der Waals surface area contributed by atoms with Crippen LogP contribution in [0.3, 0.4) is 0 Å². The summed E-state index contributed by atoms with van der Waals surface area (Å²) >= 11 is 0. The number of carbonyl (C=O) groups is 2. The van der Waals surface area contributed by atoms with E-state index in [1.165, 1.54) is 13.8 Å². The third-order valence-corrected chi connectivity index (χ3v) is 3.91. The van der Waals surface area contributed by atoms with E-state index in [0.717, 1.165) is 5.56 Å².